The smallest absolute Gasteiger partial charge is 0.289 e. The van der Waals surface area contributed by atoms with Gasteiger partial charge in [0, 0.05) is 11.8 Å². The minimum atomic E-state index is -0.582. The fraction of sp³-hybridized carbons (Fsp3) is 0.0476. The number of rotatable bonds is 6. The Labute approximate surface area is 185 Å². The number of fused-ring (bicyclic) bond motifs is 1. The molecule has 0 aliphatic heterocycles. The topological polar surface area (TPSA) is 85.1 Å². The highest BCUT2D eigenvalue weighted by Gasteiger charge is 2.25. The van der Waals surface area contributed by atoms with E-state index >= 15 is 0 Å². The van der Waals surface area contributed by atoms with Crippen LogP contribution in [0, 0.1) is 10.1 Å². The van der Waals surface area contributed by atoms with E-state index in [0.717, 1.165) is 20.1 Å². The van der Waals surface area contributed by atoms with Crippen molar-refractivity contribution in [3.8, 4) is 0 Å². The molecule has 0 aliphatic rings. The van der Waals surface area contributed by atoms with Crippen molar-refractivity contribution in [2.75, 3.05) is 5.32 Å². The van der Waals surface area contributed by atoms with E-state index in [1.165, 1.54) is 41.3 Å². The van der Waals surface area contributed by atoms with E-state index in [2.05, 4.69) is 10.3 Å². The normalized spacial score (nSPS) is 11.9. The van der Waals surface area contributed by atoms with Crippen LogP contribution >= 0.6 is 34.7 Å². The number of nitro benzene ring substituents is 1. The van der Waals surface area contributed by atoms with Crippen molar-refractivity contribution in [3.63, 3.8) is 0 Å². The predicted octanol–water partition coefficient (Wildman–Crippen LogP) is 6.33. The van der Waals surface area contributed by atoms with Gasteiger partial charge >= 0.3 is 0 Å². The maximum atomic E-state index is 13.1. The molecule has 0 aliphatic carbocycles. The molecule has 150 valence electrons. The van der Waals surface area contributed by atoms with E-state index in [1.807, 2.05) is 54.6 Å². The Bertz CT molecular complexity index is 1200. The van der Waals surface area contributed by atoms with Gasteiger partial charge in [-0.1, -0.05) is 65.8 Å². The molecule has 30 heavy (non-hydrogen) atoms. The maximum absolute atomic E-state index is 13.1. The average molecular weight is 456 g/mol. The van der Waals surface area contributed by atoms with Gasteiger partial charge in [0.05, 0.1) is 15.1 Å². The molecule has 1 heterocycles. The van der Waals surface area contributed by atoms with Crippen LogP contribution in [0.2, 0.25) is 5.02 Å². The van der Waals surface area contributed by atoms with E-state index in [9.17, 15) is 14.9 Å². The van der Waals surface area contributed by atoms with Crippen molar-refractivity contribution in [2.24, 2.45) is 0 Å². The number of benzene rings is 3. The van der Waals surface area contributed by atoms with Gasteiger partial charge in [0.25, 0.3) is 5.69 Å². The van der Waals surface area contributed by atoms with Crippen LogP contribution in [0.15, 0.2) is 77.1 Å². The molecule has 1 N–H and O–H groups in total. The van der Waals surface area contributed by atoms with Crippen molar-refractivity contribution in [3.05, 3.63) is 93.5 Å². The summed E-state index contributed by atoms with van der Waals surface area (Å²) < 4.78 is 1.81. The van der Waals surface area contributed by atoms with Gasteiger partial charge < -0.3 is 5.32 Å². The van der Waals surface area contributed by atoms with Crippen LogP contribution in [0.3, 0.4) is 0 Å². The summed E-state index contributed by atoms with van der Waals surface area (Å²) in [6.45, 7) is 0. The summed E-state index contributed by atoms with van der Waals surface area (Å²) in [6.07, 6.45) is 0. The number of halogens is 1. The summed E-state index contributed by atoms with van der Waals surface area (Å²) in [7, 11) is 0. The largest absolute Gasteiger partial charge is 0.325 e. The van der Waals surface area contributed by atoms with Gasteiger partial charge in [-0.15, -0.1) is 11.3 Å². The molecular formula is C21H14ClN3O3S2. The van der Waals surface area contributed by atoms with Crippen LogP contribution in [0.4, 0.5) is 11.4 Å². The standard InChI is InChI=1S/C21H14ClN3O3S2/c22-15-11-10-14(12-17(15)25(27)28)23-20(26)19(13-6-2-1-3-7-13)30-21-24-16-8-4-5-9-18(16)29-21/h1-12,19H,(H,23,26)/t19-/m0/s1. The Morgan fingerprint density at radius 1 is 1.10 bits per heavy atom. The summed E-state index contributed by atoms with van der Waals surface area (Å²) in [6, 6.07) is 21.3. The quantitative estimate of drug-likeness (QED) is 0.208. The highest BCUT2D eigenvalue weighted by atomic mass is 35.5. The van der Waals surface area contributed by atoms with Crippen LogP contribution in [0.5, 0.6) is 0 Å². The molecule has 9 heteroatoms. The lowest BCUT2D eigenvalue weighted by Gasteiger charge is -2.16. The lowest BCUT2D eigenvalue weighted by Crippen LogP contribution is -2.19. The number of amides is 1. The van der Waals surface area contributed by atoms with E-state index < -0.39 is 10.2 Å². The summed E-state index contributed by atoms with van der Waals surface area (Å²) in [5, 5.41) is 13.3. The molecule has 1 amide bonds. The lowest BCUT2D eigenvalue weighted by atomic mass is 10.1. The SMILES string of the molecule is O=C(Nc1ccc(Cl)c([N+](=O)[O-])c1)[C@@H](Sc1nc2ccccc2s1)c1ccccc1. The lowest BCUT2D eigenvalue weighted by molar-refractivity contribution is -0.384. The molecule has 0 spiro atoms. The predicted molar refractivity (Wildman–Crippen MR) is 121 cm³/mol. The molecule has 1 atom stereocenters. The third kappa shape index (κ3) is 4.46. The van der Waals surface area contributed by atoms with Gasteiger partial charge in [-0.25, -0.2) is 4.98 Å². The molecule has 3 aromatic carbocycles. The van der Waals surface area contributed by atoms with E-state index in [1.54, 1.807) is 0 Å². The molecular weight excluding hydrogens is 442 g/mol. The molecule has 0 fully saturated rings. The highest BCUT2D eigenvalue weighted by Crippen LogP contribution is 2.40. The van der Waals surface area contributed by atoms with Crippen molar-refractivity contribution < 1.29 is 9.72 Å². The molecule has 1 aromatic heterocycles. The van der Waals surface area contributed by atoms with Crippen LogP contribution in [0.25, 0.3) is 10.2 Å². The van der Waals surface area contributed by atoms with Gasteiger partial charge in [-0.05, 0) is 29.8 Å². The first-order valence-electron chi connectivity index (χ1n) is 8.83. The summed E-state index contributed by atoms with van der Waals surface area (Å²) in [5.74, 6) is -0.304. The Morgan fingerprint density at radius 3 is 2.57 bits per heavy atom. The molecule has 6 nitrogen and oxygen atoms in total. The van der Waals surface area contributed by atoms with Crippen LogP contribution in [-0.4, -0.2) is 15.8 Å². The van der Waals surface area contributed by atoms with Gasteiger partial charge in [-0.3, -0.25) is 14.9 Å². The number of nitrogens with zero attached hydrogens (tertiary/aromatic N) is 2. The number of anilines is 1. The van der Waals surface area contributed by atoms with E-state index in [-0.39, 0.29) is 16.6 Å². The maximum Gasteiger partial charge on any atom is 0.289 e. The molecule has 4 rings (SSSR count). The van der Waals surface area contributed by atoms with Crippen LogP contribution in [0.1, 0.15) is 10.8 Å². The first-order chi connectivity index (χ1) is 14.5. The second kappa shape index (κ2) is 8.83. The number of nitrogens with one attached hydrogen (secondary N) is 1. The minimum Gasteiger partial charge on any atom is -0.325 e. The Balaban J connectivity index is 1.63. The second-order valence-electron chi connectivity index (χ2n) is 6.27. The number of aromatic nitrogens is 1. The van der Waals surface area contributed by atoms with Gasteiger partial charge in [0.1, 0.15) is 10.3 Å². The Kier molecular flexibility index (Phi) is 5.98. The van der Waals surface area contributed by atoms with Crippen molar-refractivity contribution in [2.45, 2.75) is 9.59 Å². The van der Waals surface area contributed by atoms with Crippen LogP contribution in [-0.2, 0) is 4.79 Å². The molecule has 0 unspecified atom stereocenters. The third-order valence-corrected chi connectivity index (χ3v) is 6.95. The zero-order valence-electron chi connectivity index (χ0n) is 15.3. The number of thiazole rings is 1. The zero-order valence-corrected chi connectivity index (χ0v) is 17.7. The van der Waals surface area contributed by atoms with Crippen molar-refractivity contribution >= 4 is 62.2 Å². The fourth-order valence-electron chi connectivity index (χ4n) is 2.84. The summed E-state index contributed by atoms with van der Waals surface area (Å²) >= 11 is 8.73. The molecule has 4 aromatic rings. The summed E-state index contributed by atoms with van der Waals surface area (Å²) in [4.78, 5) is 28.3. The van der Waals surface area contributed by atoms with Gasteiger partial charge in [-0.2, -0.15) is 0 Å². The van der Waals surface area contributed by atoms with Crippen molar-refractivity contribution in [1.82, 2.24) is 4.98 Å². The number of hydrogen-bond donors (Lipinski definition) is 1. The van der Waals surface area contributed by atoms with Crippen LogP contribution < -0.4 is 5.32 Å². The molecule has 0 saturated heterocycles. The Morgan fingerprint density at radius 2 is 1.83 bits per heavy atom. The first-order valence-corrected chi connectivity index (χ1v) is 10.9. The van der Waals surface area contributed by atoms with Gasteiger partial charge in [0.15, 0.2) is 4.34 Å². The fourth-order valence-corrected chi connectivity index (χ4v) is 5.29. The zero-order chi connectivity index (χ0) is 21.1. The number of thioether (sulfide) groups is 1. The third-order valence-electron chi connectivity index (χ3n) is 4.24. The Hall–Kier alpha value is -2.94. The number of para-hydroxylation sites is 1. The first kappa shape index (κ1) is 20.3. The second-order valence-corrected chi connectivity index (χ2v) is 9.06. The highest BCUT2D eigenvalue weighted by molar-refractivity contribution is 8.02. The average Bonchev–Trinajstić information content (AvgIpc) is 3.16. The van der Waals surface area contributed by atoms with E-state index in [0.29, 0.717) is 5.69 Å². The monoisotopic (exact) mass is 455 g/mol. The number of hydrogen-bond acceptors (Lipinski definition) is 6. The number of carbonyl (C=O) groups excluding carboxylic acids is 1. The van der Waals surface area contributed by atoms with Crippen molar-refractivity contribution in [1.29, 1.82) is 0 Å². The minimum absolute atomic E-state index is 0.0152. The summed E-state index contributed by atoms with van der Waals surface area (Å²) in [5.41, 5.74) is 1.74. The molecule has 0 radical (unpaired) electrons. The molecule has 0 saturated carbocycles. The van der Waals surface area contributed by atoms with E-state index in [4.69, 9.17) is 11.6 Å². The number of nitro groups is 1. The van der Waals surface area contributed by atoms with Gasteiger partial charge in [0.2, 0.25) is 5.91 Å². The molecule has 0 bridgehead atoms. The number of carbonyl (C=O) groups is 1.